The topological polar surface area (TPSA) is 77.7 Å². The molecule has 0 aliphatic heterocycles. The average Bonchev–Trinajstić information content (AvgIpc) is 3.26. The third-order valence-electron chi connectivity index (χ3n) is 5.49. The van der Waals surface area contributed by atoms with Gasteiger partial charge in [0.25, 0.3) is 0 Å². The molecule has 7 heteroatoms. The lowest BCUT2D eigenvalue weighted by molar-refractivity contribution is -0.133. The van der Waals surface area contributed by atoms with Crippen molar-refractivity contribution in [3.63, 3.8) is 0 Å². The first kappa shape index (κ1) is 25.3. The molecular weight excluding hydrogens is 430 g/mol. The molecular formula is C27H35N3O4. The third-order valence-corrected chi connectivity index (χ3v) is 5.49. The largest absolute Gasteiger partial charge is 0.493 e. The molecule has 0 aliphatic carbocycles. The Hall–Kier alpha value is -3.35. The van der Waals surface area contributed by atoms with Crippen molar-refractivity contribution in [1.29, 1.82) is 0 Å². The molecule has 0 atom stereocenters. The predicted octanol–water partition coefficient (Wildman–Crippen LogP) is 5.11. The van der Waals surface area contributed by atoms with E-state index in [0.29, 0.717) is 55.6 Å². The van der Waals surface area contributed by atoms with Crippen LogP contribution in [0.2, 0.25) is 0 Å². The molecule has 34 heavy (non-hydrogen) atoms. The monoisotopic (exact) mass is 465 g/mol. The molecule has 0 saturated heterocycles. The van der Waals surface area contributed by atoms with Gasteiger partial charge in [-0.25, -0.2) is 0 Å². The van der Waals surface area contributed by atoms with E-state index >= 15 is 0 Å². The van der Waals surface area contributed by atoms with Crippen LogP contribution in [0.25, 0.3) is 11.4 Å². The highest BCUT2D eigenvalue weighted by Gasteiger charge is 2.22. The van der Waals surface area contributed by atoms with Gasteiger partial charge in [-0.15, -0.1) is 0 Å². The van der Waals surface area contributed by atoms with Gasteiger partial charge in [0.2, 0.25) is 17.6 Å². The van der Waals surface area contributed by atoms with Crippen LogP contribution in [0.1, 0.15) is 44.2 Å². The van der Waals surface area contributed by atoms with Crippen LogP contribution in [0.4, 0.5) is 0 Å². The molecule has 0 saturated carbocycles. The van der Waals surface area contributed by atoms with Crippen molar-refractivity contribution >= 4 is 5.91 Å². The van der Waals surface area contributed by atoms with Crippen molar-refractivity contribution in [3.8, 4) is 22.9 Å². The summed E-state index contributed by atoms with van der Waals surface area (Å²) in [6.45, 7) is 9.35. The number of nitrogens with zero attached hydrogens (tertiary/aromatic N) is 3. The smallest absolute Gasteiger partial charge is 0.228 e. The molecule has 2 aromatic carbocycles. The van der Waals surface area contributed by atoms with Gasteiger partial charge in [-0.05, 0) is 42.5 Å². The number of amides is 1. The summed E-state index contributed by atoms with van der Waals surface area (Å²) in [6.07, 6.45) is 1.67. The lowest BCUT2D eigenvalue weighted by atomic mass is 9.91. The first-order valence-corrected chi connectivity index (χ1v) is 11.6. The van der Waals surface area contributed by atoms with Crippen molar-refractivity contribution < 1.29 is 18.8 Å². The van der Waals surface area contributed by atoms with Gasteiger partial charge in [0.05, 0.1) is 14.2 Å². The fourth-order valence-electron chi connectivity index (χ4n) is 3.72. The molecule has 0 spiro atoms. The summed E-state index contributed by atoms with van der Waals surface area (Å²) in [4.78, 5) is 19.5. The SMILES string of the molecule is COc1ccc(CCN(CCc2nc(-c3cccc(C)c3)no2)C(=O)CC(C)(C)C)cc1OC. The van der Waals surface area contributed by atoms with Crippen LogP contribution in [-0.2, 0) is 17.6 Å². The van der Waals surface area contributed by atoms with Gasteiger partial charge in [0.1, 0.15) is 0 Å². The fourth-order valence-corrected chi connectivity index (χ4v) is 3.72. The number of benzene rings is 2. The number of aryl methyl sites for hydroxylation is 1. The number of aromatic nitrogens is 2. The summed E-state index contributed by atoms with van der Waals surface area (Å²) in [5, 5.41) is 4.12. The Morgan fingerprint density at radius 1 is 1.00 bits per heavy atom. The molecule has 7 nitrogen and oxygen atoms in total. The van der Waals surface area contributed by atoms with Crippen molar-refractivity contribution in [3.05, 3.63) is 59.5 Å². The average molecular weight is 466 g/mol. The highest BCUT2D eigenvalue weighted by Crippen LogP contribution is 2.28. The van der Waals surface area contributed by atoms with E-state index in [2.05, 4.69) is 30.9 Å². The van der Waals surface area contributed by atoms with E-state index in [1.54, 1.807) is 14.2 Å². The second kappa shape index (κ2) is 11.2. The van der Waals surface area contributed by atoms with Crippen LogP contribution in [0, 0.1) is 12.3 Å². The molecule has 1 heterocycles. The lowest BCUT2D eigenvalue weighted by Crippen LogP contribution is -2.36. The number of methoxy groups -OCH3 is 2. The Labute approximate surface area is 202 Å². The highest BCUT2D eigenvalue weighted by molar-refractivity contribution is 5.76. The van der Waals surface area contributed by atoms with Crippen molar-refractivity contribution in [1.82, 2.24) is 15.0 Å². The van der Waals surface area contributed by atoms with Gasteiger partial charge < -0.3 is 18.9 Å². The number of carbonyl (C=O) groups excluding carboxylic acids is 1. The molecule has 1 aromatic heterocycles. The van der Waals surface area contributed by atoms with E-state index in [1.807, 2.05) is 54.3 Å². The molecule has 0 bridgehead atoms. The first-order chi connectivity index (χ1) is 16.2. The Kier molecular flexibility index (Phi) is 8.31. The van der Waals surface area contributed by atoms with E-state index in [4.69, 9.17) is 14.0 Å². The van der Waals surface area contributed by atoms with Crippen LogP contribution in [0.15, 0.2) is 47.0 Å². The van der Waals surface area contributed by atoms with Crippen molar-refractivity contribution in [2.45, 2.75) is 47.0 Å². The highest BCUT2D eigenvalue weighted by atomic mass is 16.5. The van der Waals surface area contributed by atoms with E-state index in [9.17, 15) is 4.79 Å². The van der Waals surface area contributed by atoms with Gasteiger partial charge in [-0.3, -0.25) is 4.79 Å². The summed E-state index contributed by atoms with van der Waals surface area (Å²) < 4.78 is 16.2. The van der Waals surface area contributed by atoms with E-state index < -0.39 is 0 Å². The molecule has 0 fully saturated rings. The zero-order chi connectivity index (χ0) is 24.7. The standard InChI is InChI=1S/C27H35N3O4/c1-19-8-7-9-21(16-19)26-28-24(34-29-26)13-15-30(25(31)18-27(2,3)4)14-12-20-10-11-22(32-5)23(17-20)33-6/h7-11,16-17H,12-15,18H2,1-6H3. The van der Waals surface area contributed by atoms with Gasteiger partial charge in [0, 0.05) is 31.5 Å². The van der Waals surface area contributed by atoms with Crippen LogP contribution < -0.4 is 9.47 Å². The Morgan fingerprint density at radius 3 is 2.41 bits per heavy atom. The predicted molar refractivity (Wildman–Crippen MR) is 132 cm³/mol. The zero-order valence-corrected chi connectivity index (χ0v) is 21.1. The van der Waals surface area contributed by atoms with Gasteiger partial charge in [-0.2, -0.15) is 4.98 Å². The number of ether oxygens (including phenoxy) is 2. The maximum atomic E-state index is 13.1. The van der Waals surface area contributed by atoms with Crippen LogP contribution in [-0.4, -0.2) is 48.3 Å². The van der Waals surface area contributed by atoms with Crippen molar-refractivity contribution in [2.75, 3.05) is 27.3 Å². The van der Waals surface area contributed by atoms with E-state index in [1.165, 1.54) is 0 Å². The first-order valence-electron chi connectivity index (χ1n) is 11.6. The minimum Gasteiger partial charge on any atom is -0.493 e. The van der Waals surface area contributed by atoms with Crippen molar-refractivity contribution in [2.24, 2.45) is 5.41 Å². The second-order valence-corrected chi connectivity index (χ2v) is 9.69. The molecule has 182 valence electrons. The molecule has 3 aromatic rings. The second-order valence-electron chi connectivity index (χ2n) is 9.69. The number of hydrogen-bond acceptors (Lipinski definition) is 6. The molecule has 1 amide bonds. The fraction of sp³-hybridized carbons (Fsp3) is 0.444. The summed E-state index contributed by atoms with van der Waals surface area (Å²) in [5.41, 5.74) is 3.04. The Bertz CT molecular complexity index is 1100. The summed E-state index contributed by atoms with van der Waals surface area (Å²) in [6, 6.07) is 13.8. The lowest BCUT2D eigenvalue weighted by Gasteiger charge is -2.26. The number of rotatable bonds is 10. The van der Waals surface area contributed by atoms with Crippen LogP contribution >= 0.6 is 0 Å². The number of hydrogen-bond donors (Lipinski definition) is 0. The maximum absolute atomic E-state index is 13.1. The quantitative estimate of drug-likeness (QED) is 0.414. The molecule has 0 radical (unpaired) electrons. The summed E-state index contributed by atoms with van der Waals surface area (Å²) in [7, 11) is 3.24. The van der Waals surface area contributed by atoms with E-state index in [0.717, 1.165) is 16.7 Å². The summed E-state index contributed by atoms with van der Waals surface area (Å²) >= 11 is 0. The molecule has 3 rings (SSSR count). The normalized spacial score (nSPS) is 11.4. The summed E-state index contributed by atoms with van der Waals surface area (Å²) in [5.74, 6) is 2.58. The zero-order valence-electron chi connectivity index (χ0n) is 21.1. The van der Waals surface area contributed by atoms with E-state index in [-0.39, 0.29) is 11.3 Å². The number of carbonyl (C=O) groups is 1. The molecule has 0 N–H and O–H groups in total. The molecule has 0 aliphatic rings. The molecule has 0 unspecified atom stereocenters. The van der Waals surface area contributed by atoms with Crippen LogP contribution in [0.5, 0.6) is 11.5 Å². The Balaban J connectivity index is 1.69. The minimum absolute atomic E-state index is 0.0957. The van der Waals surface area contributed by atoms with Gasteiger partial charge in [-0.1, -0.05) is 55.8 Å². The maximum Gasteiger partial charge on any atom is 0.228 e. The minimum atomic E-state index is -0.0957. The van der Waals surface area contributed by atoms with Crippen LogP contribution in [0.3, 0.4) is 0 Å². The third kappa shape index (κ3) is 7.07. The van der Waals surface area contributed by atoms with Gasteiger partial charge in [0.15, 0.2) is 11.5 Å². The Morgan fingerprint density at radius 2 is 1.74 bits per heavy atom. The van der Waals surface area contributed by atoms with Gasteiger partial charge >= 0.3 is 0 Å².